The Kier molecular flexibility index (Phi) is 50.9. The number of aliphatic hydroxyl groups excluding tert-OH is 1. The van der Waals surface area contributed by atoms with Crippen molar-refractivity contribution in [2.45, 2.75) is 258 Å². The van der Waals surface area contributed by atoms with E-state index in [1.54, 1.807) is 0 Å². The Hall–Kier alpha value is -2.92. The summed E-state index contributed by atoms with van der Waals surface area (Å²) in [6, 6.07) is 0. The average Bonchev–Trinajstić information content (AvgIpc) is 3.29. The molecular weight excluding hydrogens is 777 g/mol. The van der Waals surface area contributed by atoms with E-state index in [0.29, 0.717) is 12.8 Å². The van der Waals surface area contributed by atoms with Crippen molar-refractivity contribution in [2.75, 3.05) is 13.2 Å². The van der Waals surface area contributed by atoms with Gasteiger partial charge in [0.2, 0.25) is 0 Å². The minimum Gasteiger partial charge on any atom is -0.462 e. The molecule has 5 heteroatoms. The third-order valence-electron chi connectivity index (χ3n) is 11.4. The number of hydrogen-bond donors (Lipinski definition) is 1. The van der Waals surface area contributed by atoms with E-state index in [9.17, 15) is 14.7 Å². The first kappa shape index (κ1) is 60.1. The van der Waals surface area contributed by atoms with Gasteiger partial charge >= 0.3 is 11.9 Å². The number of ether oxygens (including phenoxy) is 2. The fourth-order valence-corrected chi connectivity index (χ4v) is 7.44. The summed E-state index contributed by atoms with van der Waals surface area (Å²) in [4.78, 5) is 24.4. The molecule has 0 heterocycles. The highest BCUT2D eigenvalue weighted by Crippen LogP contribution is 2.16. The third-order valence-corrected chi connectivity index (χ3v) is 11.4. The zero-order valence-electron chi connectivity index (χ0n) is 41.3. The third kappa shape index (κ3) is 51.6. The van der Waals surface area contributed by atoms with Gasteiger partial charge in [0.25, 0.3) is 0 Å². The van der Waals surface area contributed by atoms with Crippen molar-refractivity contribution in [3.05, 3.63) is 85.1 Å². The summed E-state index contributed by atoms with van der Waals surface area (Å²) in [6.07, 6.45) is 74.0. The quantitative estimate of drug-likeness (QED) is 0.0374. The van der Waals surface area contributed by atoms with Crippen molar-refractivity contribution in [3.63, 3.8) is 0 Å². The topological polar surface area (TPSA) is 72.8 Å². The first-order valence-corrected chi connectivity index (χ1v) is 26.6. The zero-order valence-corrected chi connectivity index (χ0v) is 41.3. The number of unbranched alkanes of at least 4 members (excludes halogenated alkanes) is 26. The molecule has 362 valence electrons. The number of hydrogen-bond acceptors (Lipinski definition) is 5. The lowest BCUT2D eigenvalue weighted by molar-refractivity contribution is -0.161. The fraction of sp³-hybridized carbons (Fsp3) is 0.724. The van der Waals surface area contributed by atoms with Gasteiger partial charge in [-0.15, -0.1) is 0 Å². The lowest BCUT2D eigenvalue weighted by atomic mass is 10.0. The minimum atomic E-state index is -0.780. The number of allylic oxidation sites excluding steroid dienone is 14. The standard InChI is InChI=1S/C58H100O5/c1-3-5-7-9-11-13-15-17-19-21-22-23-24-25-26-27-28-29-30-31-32-33-34-35-36-37-39-41-43-45-47-49-51-53-58(61)63-56(54-59)55-62-57(60)52-50-48-46-44-42-40-38-20-18-16-14-12-10-8-6-4-2/h5,7,11,13-14,16-17,19-20,22-23,25-26,38,56,59H,3-4,6,8-10,12,15,18,21,24,27-37,39-55H2,1-2H3/b7-5-,13-11-,16-14-,19-17-,23-22-,26-25-,38-20-. The van der Waals surface area contributed by atoms with E-state index in [0.717, 1.165) is 83.5 Å². The van der Waals surface area contributed by atoms with E-state index >= 15 is 0 Å². The molecule has 0 radical (unpaired) electrons. The summed E-state index contributed by atoms with van der Waals surface area (Å²) in [5.41, 5.74) is 0. The van der Waals surface area contributed by atoms with E-state index in [2.05, 4.69) is 98.9 Å². The first-order valence-electron chi connectivity index (χ1n) is 26.6. The van der Waals surface area contributed by atoms with Crippen LogP contribution in [0.2, 0.25) is 0 Å². The molecule has 1 unspecified atom stereocenters. The SMILES string of the molecule is CC/C=C\C/C=C\C/C=C\C/C=C\C/C=C\CCCCCCCCCCCCCCCCCCCC(=O)OC(CO)COC(=O)CCCCCCC/C=C\C/C=C\CCCCCC. The van der Waals surface area contributed by atoms with E-state index < -0.39 is 6.10 Å². The molecule has 0 bridgehead atoms. The lowest BCUT2D eigenvalue weighted by Gasteiger charge is -2.15. The molecular formula is C58H100O5. The van der Waals surface area contributed by atoms with Gasteiger partial charge in [-0.2, -0.15) is 0 Å². The van der Waals surface area contributed by atoms with Crippen molar-refractivity contribution in [3.8, 4) is 0 Å². The molecule has 1 N–H and O–H groups in total. The van der Waals surface area contributed by atoms with Crippen LogP contribution in [0.3, 0.4) is 0 Å². The van der Waals surface area contributed by atoms with Crippen LogP contribution in [0.5, 0.6) is 0 Å². The molecule has 0 saturated heterocycles. The van der Waals surface area contributed by atoms with Gasteiger partial charge in [-0.25, -0.2) is 0 Å². The first-order chi connectivity index (χ1) is 31.1. The van der Waals surface area contributed by atoms with Gasteiger partial charge in [-0.05, 0) is 89.9 Å². The highest BCUT2D eigenvalue weighted by molar-refractivity contribution is 5.70. The zero-order chi connectivity index (χ0) is 45.6. The van der Waals surface area contributed by atoms with Crippen LogP contribution in [0.15, 0.2) is 85.1 Å². The van der Waals surface area contributed by atoms with Crippen LogP contribution in [-0.2, 0) is 19.1 Å². The second kappa shape index (κ2) is 53.4. The summed E-state index contributed by atoms with van der Waals surface area (Å²) in [5.74, 6) is -0.603. The van der Waals surface area contributed by atoms with Crippen LogP contribution in [-0.4, -0.2) is 36.4 Å². The smallest absolute Gasteiger partial charge is 0.306 e. The summed E-state index contributed by atoms with van der Waals surface area (Å²) >= 11 is 0. The molecule has 0 fully saturated rings. The number of esters is 2. The molecule has 63 heavy (non-hydrogen) atoms. The van der Waals surface area contributed by atoms with Crippen molar-refractivity contribution in [1.29, 1.82) is 0 Å². The van der Waals surface area contributed by atoms with Crippen LogP contribution in [0, 0.1) is 0 Å². The van der Waals surface area contributed by atoms with E-state index in [1.165, 1.54) is 141 Å². The van der Waals surface area contributed by atoms with Crippen LogP contribution in [0.1, 0.15) is 251 Å². The summed E-state index contributed by atoms with van der Waals surface area (Å²) in [6.45, 7) is 4.01. The molecule has 0 aliphatic rings. The lowest BCUT2D eigenvalue weighted by Crippen LogP contribution is -2.28. The molecule has 5 nitrogen and oxygen atoms in total. The Morgan fingerprint density at radius 2 is 0.683 bits per heavy atom. The molecule has 0 aliphatic carbocycles. The monoisotopic (exact) mass is 877 g/mol. The van der Waals surface area contributed by atoms with Gasteiger partial charge in [0, 0.05) is 12.8 Å². The molecule has 1 atom stereocenters. The highest BCUT2D eigenvalue weighted by atomic mass is 16.6. The predicted octanol–water partition coefficient (Wildman–Crippen LogP) is 17.8. The van der Waals surface area contributed by atoms with Crippen molar-refractivity contribution in [2.24, 2.45) is 0 Å². The molecule has 0 aromatic rings. The van der Waals surface area contributed by atoms with Gasteiger partial charge in [-0.1, -0.05) is 234 Å². The number of carbonyl (C=O) groups is 2. The average molecular weight is 877 g/mol. The Labute approximate surface area is 390 Å². The van der Waals surface area contributed by atoms with E-state index in [4.69, 9.17) is 9.47 Å². The second-order valence-electron chi connectivity index (χ2n) is 17.6. The van der Waals surface area contributed by atoms with Crippen molar-refractivity contribution in [1.82, 2.24) is 0 Å². The van der Waals surface area contributed by atoms with Crippen molar-refractivity contribution >= 4 is 11.9 Å². The Morgan fingerprint density at radius 3 is 1.03 bits per heavy atom. The Morgan fingerprint density at radius 1 is 0.381 bits per heavy atom. The van der Waals surface area contributed by atoms with Crippen LogP contribution < -0.4 is 0 Å². The van der Waals surface area contributed by atoms with Gasteiger partial charge < -0.3 is 14.6 Å². The van der Waals surface area contributed by atoms with E-state index in [-0.39, 0.29) is 25.2 Å². The summed E-state index contributed by atoms with van der Waals surface area (Å²) in [7, 11) is 0. The number of aliphatic hydroxyl groups is 1. The van der Waals surface area contributed by atoms with Gasteiger partial charge in [0.05, 0.1) is 6.61 Å². The highest BCUT2D eigenvalue weighted by Gasteiger charge is 2.16. The maximum Gasteiger partial charge on any atom is 0.306 e. The van der Waals surface area contributed by atoms with Crippen LogP contribution in [0.4, 0.5) is 0 Å². The van der Waals surface area contributed by atoms with Gasteiger partial charge in [0.15, 0.2) is 6.10 Å². The van der Waals surface area contributed by atoms with Crippen LogP contribution in [0.25, 0.3) is 0 Å². The number of carbonyl (C=O) groups excluding carboxylic acids is 2. The minimum absolute atomic E-state index is 0.0740. The maximum atomic E-state index is 12.3. The predicted molar refractivity (Wildman–Crippen MR) is 274 cm³/mol. The van der Waals surface area contributed by atoms with Crippen LogP contribution >= 0.6 is 0 Å². The molecule has 0 amide bonds. The molecule has 0 rings (SSSR count). The Balaban J connectivity index is 3.48. The summed E-state index contributed by atoms with van der Waals surface area (Å²) in [5, 5.41) is 9.62. The van der Waals surface area contributed by atoms with Gasteiger partial charge in [-0.3, -0.25) is 9.59 Å². The molecule has 0 spiro atoms. The maximum absolute atomic E-state index is 12.3. The van der Waals surface area contributed by atoms with Gasteiger partial charge in [0.1, 0.15) is 6.61 Å². The normalized spacial score (nSPS) is 12.9. The van der Waals surface area contributed by atoms with E-state index in [1.807, 2.05) is 0 Å². The molecule has 0 aromatic carbocycles. The fourth-order valence-electron chi connectivity index (χ4n) is 7.44. The number of rotatable bonds is 48. The Bertz CT molecular complexity index is 1170. The summed E-state index contributed by atoms with van der Waals surface area (Å²) < 4.78 is 10.7. The molecule has 0 aliphatic heterocycles. The second-order valence-corrected chi connectivity index (χ2v) is 17.6. The van der Waals surface area contributed by atoms with Crippen molar-refractivity contribution < 1.29 is 24.2 Å². The largest absolute Gasteiger partial charge is 0.462 e. The molecule has 0 saturated carbocycles. The molecule has 0 aromatic heterocycles.